The summed E-state index contributed by atoms with van der Waals surface area (Å²) < 4.78 is 0. The number of amides is 1. The van der Waals surface area contributed by atoms with E-state index in [4.69, 9.17) is 5.73 Å². The number of nitrogens with two attached hydrogens (primary N) is 1. The van der Waals surface area contributed by atoms with Crippen LogP contribution in [0.15, 0.2) is 0 Å². The lowest BCUT2D eigenvalue weighted by Gasteiger charge is -2.30. The lowest BCUT2D eigenvalue weighted by Crippen LogP contribution is -2.49. The first-order chi connectivity index (χ1) is 8.40. The van der Waals surface area contributed by atoms with Crippen LogP contribution >= 0.6 is 0 Å². The van der Waals surface area contributed by atoms with Crippen molar-refractivity contribution >= 4 is 11.7 Å². The van der Waals surface area contributed by atoms with Crippen LogP contribution in [0.25, 0.3) is 0 Å². The predicted octanol–water partition coefficient (Wildman–Crippen LogP) is 0.139. The van der Waals surface area contributed by atoms with Crippen molar-refractivity contribution in [2.24, 2.45) is 11.7 Å². The number of likely N-dealkylation sites (tertiary alicyclic amines) is 1. The molecular formula is C13H25N3O2. The minimum atomic E-state index is -0.371. The second-order valence-electron chi connectivity index (χ2n) is 5.51. The number of nitrogens with zero attached hydrogens (tertiary/aromatic N) is 1. The molecular weight excluding hydrogens is 230 g/mol. The normalized spacial score (nSPS) is 19.8. The van der Waals surface area contributed by atoms with E-state index in [9.17, 15) is 9.59 Å². The van der Waals surface area contributed by atoms with Crippen LogP contribution in [-0.2, 0) is 9.59 Å². The Morgan fingerprint density at radius 3 is 2.33 bits per heavy atom. The van der Waals surface area contributed by atoms with Crippen molar-refractivity contribution in [1.82, 2.24) is 10.2 Å². The summed E-state index contributed by atoms with van der Waals surface area (Å²) in [5.74, 6) is 0.0691. The molecule has 1 rings (SSSR count). The Labute approximate surface area is 109 Å². The summed E-state index contributed by atoms with van der Waals surface area (Å²) in [6, 6.07) is -0.102. The Balaban J connectivity index is 2.38. The van der Waals surface area contributed by atoms with E-state index in [0.717, 1.165) is 25.9 Å². The molecule has 5 heteroatoms. The maximum atomic E-state index is 11.9. The van der Waals surface area contributed by atoms with E-state index in [1.165, 1.54) is 6.92 Å². The van der Waals surface area contributed by atoms with Gasteiger partial charge in [0.2, 0.25) is 5.91 Å². The van der Waals surface area contributed by atoms with Crippen molar-refractivity contribution in [2.75, 3.05) is 19.6 Å². The molecule has 0 aromatic rings. The van der Waals surface area contributed by atoms with Crippen LogP contribution in [0, 0.1) is 5.92 Å². The van der Waals surface area contributed by atoms with Gasteiger partial charge in [0, 0.05) is 19.1 Å². The number of carbonyl (C=O) groups excluding carboxylic acids is 2. The number of hydrogen-bond acceptors (Lipinski definition) is 4. The van der Waals surface area contributed by atoms with Crippen LogP contribution in [-0.4, -0.2) is 48.3 Å². The van der Waals surface area contributed by atoms with Gasteiger partial charge in [-0.15, -0.1) is 0 Å². The van der Waals surface area contributed by atoms with Crippen LogP contribution < -0.4 is 11.1 Å². The first kappa shape index (κ1) is 15.1. The molecule has 18 heavy (non-hydrogen) atoms. The highest BCUT2D eigenvalue weighted by Gasteiger charge is 2.23. The van der Waals surface area contributed by atoms with Gasteiger partial charge in [-0.1, -0.05) is 13.8 Å². The molecule has 3 N–H and O–H groups in total. The van der Waals surface area contributed by atoms with E-state index in [0.29, 0.717) is 6.54 Å². The highest BCUT2D eigenvalue weighted by atomic mass is 16.2. The zero-order chi connectivity index (χ0) is 13.7. The molecule has 0 saturated carbocycles. The molecule has 1 fully saturated rings. The molecule has 0 aliphatic carbocycles. The van der Waals surface area contributed by atoms with Gasteiger partial charge in [0.05, 0.1) is 12.6 Å². The summed E-state index contributed by atoms with van der Waals surface area (Å²) in [5, 5.41) is 2.81. The van der Waals surface area contributed by atoms with Crippen molar-refractivity contribution in [3.05, 3.63) is 0 Å². The van der Waals surface area contributed by atoms with Crippen LogP contribution in [0.3, 0.4) is 0 Å². The van der Waals surface area contributed by atoms with Gasteiger partial charge in [-0.2, -0.15) is 0 Å². The van der Waals surface area contributed by atoms with Crippen LogP contribution in [0.5, 0.6) is 0 Å². The van der Waals surface area contributed by atoms with Gasteiger partial charge in [0.15, 0.2) is 5.78 Å². The summed E-state index contributed by atoms with van der Waals surface area (Å²) in [4.78, 5) is 25.4. The summed E-state index contributed by atoms with van der Waals surface area (Å²) in [7, 11) is 0. The monoisotopic (exact) mass is 255 g/mol. The zero-order valence-corrected chi connectivity index (χ0v) is 11.6. The Hall–Kier alpha value is -0.940. The summed E-state index contributed by atoms with van der Waals surface area (Å²) in [6.45, 7) is 7.48. The third-order valence-electron chi connectivity index (χ3n) is 3.42. The largest absolute Gasteiger partial charge is 0.345 e. The molecule has 1 aliphatic heterocycles. The minimum absolute atomic E-state index is 0.0130. The fraction of sp³-hybridized carbons (Fsp3) is 0.846. The Morgan fingerprint density at radius 2 is 1.89 bits per heavy atom. The van der Waals surface area contributed by atoms with E-state index in [-0.39, 0.29) is 29.7 Å². The van der Waals surface area contributed by atoms with Crippen molar-refractivity contribution in [1.29, 1.82) is 0 Å². The first-order valence-corrected chi connectivity index (χ1v) is 6.68. The Kier molecular flexibility index (Phi) is 5.75. The van der Waals surface area contributed by atoms with E-state index in [2.05, 4.69) is 10.2 Å². The predicted molar refractivity (Wildman–Crippen MR) is 71.1 cm³/mol. The molecule has 1 amide bonds. The van der Waals surface area contributed by atoms with Crippen molar-refractivity contribution in [3.63, 3.8) is 0 Å². The topological polar surface area (TPSA) is 75.4 Å². The van der Waals surface area contributed by atoms with Crippen LogP contribution in [0.1, 0.15) is 33.6 Å². The number of piperidine rings is 1. The highest BCUT2D eigenvalue weighted by molar-refractivity contribution is 5.88. The Bertz CT molecular complexity index is 297. The maximum Gasteiger partial charge on any atom is 0.234 e. The molecule has 104 valence electrons. The molecule has 5 nitrogen and oxygen atoms in total. The van der Waals surface area contributed by atoms with Gasteiger partial charge in [-0.25, -0.2) is 0 Å². The molecule has 1 unspecified atom stereocenters. The fourth-order valence-electron chi connectivity index (χ4n) is 2.27. The molecule has 1 aliphatic rings. The average Bonchev–Trinajstić information content (AvgIpc) is 2.28. The van der Waals surface area contributed by atoms with Gasteiger partial charge in [0.25, 0.3) is 0 Å². The van der Waals surface area contributed by atoms with E-state index < -0.39 is 0 Å². The molecule has 1 saturated heterocycles. The lowest BCUT2D eigenvalue weighted by atomic mass is 10.0. The van der Waals surface area contributed by atoms with Gasteiger partial charge < -0.3 is 11.1 Å². The average molecular weight is 255 g/mol. The number of carbonyl (C=O) groups is 2. The van der Waals surface area contributed by atoms with Crippen molar-refractivity contribution in [2.45, 2.75) is 45.7 Å². The lowest BCUT2D eigenvalue weighted by molar-refractivity contribution is -0.128. The number of rotatable bonds is 5. The molecule has 0 radical (unpaired) electrons. The number of nitrogens with one attached hydrogen (secondary N) is 1. The molecule has 1 heterocycles. The van der Waals surface area contributed by atoms with E-state index in [1.807, 2.05) is 13.8 Å². The smallest absolute Gasteiger partial charge is 0.234 e. The van der Waals surface area contributed by atoms with Crippen molar-refractivity contribution in [3.8, 4) is 0 Å². The Morgan fingerprint density at radius 1 is 1.33 bits per heavy atom. The first-order valence-electron chi connectivity index (χ1n) is 6.68. The molecule has 0 spiro atoms. The molecule has 0 aromatic heterocycles. The zero-order valence-electron chi connectivity index (χ0n) is 11.6. The summed E-state index contributed by atoms with van der Waals surface area (Å²) in [6.07, 6.45) is 1.88. The standard InChI is InChI=1S/C13H25N3O2/c1-9(2)13(10(3)17)15-12(18)8-16-6-4-11(14)5-7-16/h9,11,13H,4-8,14H2,1-3H3,(H,15,18). The summed E-state index contributed by atoms with van der Waals surface area (Å²) >= 11 is 0. The maximum absolute atomic E-state index is 11.9. The third-order valence-corrected chi connectivity index (χ3v) is 3.42. The molecule has 0 bridgehead atoms. The fourth-order valence-corrected chi connectivity index (χ4v) is 2.27. The summed E-state index contributed by atoms with van der Waals surface area (Å²) in [5.41, 5.74) is 5.82. The third kappa shape index (κ3) is 4.74. The number of ketones is 1. The van der Waals surface area contributed by atoms with Gasteiger partial charge in [-0.05, 0) is 25.7 Å². The van der Waals surface area contributed by atoms with Crippen LogP contribution in [0.2, 0.25) is 0 Å². The molecule has 0 aromatic carbocycles. The van der Waals surface area contributed by atoms with Gasteiger partial charge in [-0.3, -0.25) is 14.5 Å². The van der Waals surface area contributed by atoms with Gasteiger partial charge >= 0.3 is 0 Å². The minimum Gasteiger partial charge on any atom is -0.345 e. The highest BCUT2D eigenvalue weighted by Crippen LogP contribution is 2.08. The number of Topliss-reactive ketones (excluding diaryl/α,β-unsaturated/α-hetero) is 1. The van der Waals surface area contributed by atoms with Gasteiger partial charge in [0.1, 0.15) is 0 Å². The van der Waals surface area contributed by atoms with Crippen LogP contribution in [0.4, 0.5) is 0 Å². The van der Waals surface area contributed by atoms with E-state index >= 15 is 0 Å². The van der Waals surface area contributed by atoms with Crippen molar-refractivity contribution < 1.29 is 9.59 Å². The SMILES string of the molecule is CC(=O)C(NC(=O)CN1CCC(N)CC1)C(C)C. The molecule has 1 atom stereocenters. The quantitative estimate of drug-likeness (QED) is 0.732. The van der Waals surface area contributed by atoms with E-state index in [1.54, 1.807) is 0 Å². The second kappa shape index (κ2) is 6.85. The second-order valence-corrected chi connectivity index (χ2v) is 5.51. The number of hydrogen-bond donors (Lipinski definition) is 2.